The molecule has 3 saturated heterocycles. The molecule has 4 heterocycles. The monoisotopic (exact) mass is 518 g/mol. The van der Waals surface area contributed by atoms with Crippen molar-refractivity contribution in [3.63, 3.8) is 0 Å². The van der Waals surface area contributed by atoms with E-state index < -0.39 is 11.8 Å². The van der Waals surface area contributed by atoms with Gasteiger partial charge in [-0.05, 0) is 45.2 Å². The van der Waals surface area contributed by atoms with Crippen LogP contribution in [0.1, 0.15) is 44.0 Å². The molecule has 1 aromatic heterocycles. The Morgan fingerprint density at radius 3 is 2.83 bits per heavy atom. The number of esters is 1. The summed E-state index contributed by atoms with van der Waals surface area (Å²) in [5, 5.41) is 15.2. The quantitative estimate of drug-likeness (QED) is 0.564. The van der Waals surface area contributed by atoms with Crippen molar-refractivity contribution in [3.05, 3.63) is 29.3 Å². The number of para-hydroxylation sites is 1. The van der Waals surface area contributed by atoms with Gasteiger partial charge in [0.1, 0.15) is 11.8 Å². The Morgan fingerprint density at radius 1 is 1.26 bits per heavy atom. The highest BCUT2D eigenvalue weighted by Crippen LogP contribution is 2.36. The Bertz CT molecular complexity index is 1040. The fourth-order valence-electron chi connectivity index (χ4n) is 5.25. The lowest BCUT2D eigenvalue weighted by atomic mass is 9.94. The number of carbonyl (C=O) groups is 2. The molecule has 0 radical (unpaired) electrons. The molecule has 2 unspecified atom stereocenters. The van der Waals surface area contributed by atoms with Crippen molar-refractivity contribution in [2.75, 3.05) is 37.8 Å². The largest absolute Gasteiger partial charge is 0.458 e. The van der Waals surface area contributed by atoms with Crippen LogP contribution in [0.3, 0.4) is 0 Å². The van der Waals surface area contributed by atoms with Crippen LogP contribution >= 0.6 is 23.1 Å². The van der Waals surface area contributed by atoms with Crippen molar-refractivity contribution in [1.82, 2.24) is 20.1 Å². The lowest BCUT2D eigenvalue weighted by Crippen LogP contribution is -2.50. The highest BCUT2D eigenvalue weighted by atomic mass is 32.2. The van der Waals surface area contributed by atoms with Crippen LogP contribution in [0, 0.1) is 5.92 Å². The number of nitrogens with zero attached hydrogens (tertiary/aromatic N) is 3. The molecular formula is C25H34N4O4S2. The number of amides is 1. The third-order valence-corrected chi connectivity index (χ3v) is 9.29. The lowest BCUT2D eigenvalue weighted by Gasteiger charge is -2.40. The first-order valence-corrected chi connectivity index (χ1v) is 14.4. The van der Waals surface area contributed by atoms with E-state index in [1.54, 1.807) is 23.1 Å². The van der Waals surface area contributed by atoms with Gasteiger partial charge in [-0.3, -0.25) is 14.5 Å². The maximum absolute atomic E-state index is 12.9. The second kappa shape index (κ2) is 10.3. The maximum Gasteiger partial charge on any atom is 0.310 e. The average Bonchev–Trinajstić information content (AvgIpc) is 3.59. The predicted octanol–water partition coefficient (Wildman–Crippen LogP) is 2.63. The highest BCUT2D eigenvalue weighted by molar-refractivity contribution is 7.99. The van der Waals surface area contributed by atoms with Crippen LogP contribution in [0.15, 0.2) is 24.3 Å². The molecular weight excluding hydrogens is 484 g/mol. The van der Waals surface area contributed by atoms with Crippen LogP contribution in [-0.2, 0) is 14.3 Å². The molecule has 1 amide bonds. The molecule has 0 spiro atoms. The number of carbonyl (C=O) groups excluding carboxylic acids is 2. The molecule has 0 saturated carbocycles. The Labute approximate surface area is 214 Å². The molecule has 10 heteroatoms. The molecule has 3 aliphatic rings. The van der Waals surface area contributed by atoms with E-state index in [0.29, 0.717) is 25.9 Å². The van der Waals surface area contributed by atoms with Crippen LogP contribution in [-0.4, -0.2) is 87.4 Å². The summed E-state index contributed by atoms with van der Waals surface area (Å²) in [7, 11) is 0. The number of thioether (sulfide) groups is 1. The summed E-state index contributed by atoms with van der Waals surface area (Å²) < 4.78 is 7.08. The van der Waals surface area contributed by atoms with E-state index in [2.05, 4.69) is 11.4 Å². The van der Waals surface area contributed by atoms with Crippen LogP contribution < -0.4 is 5.32 Å². The number of hydrogen-bond acceptors (Lipinski definition) is 9. The van der Waals surface area contributed by atoms with Gasteiger partial charge >= 0.3 is 5.97 Å². The molecule has 190 valence electrons. The molecule has 3 fully saturated rings. The first-order valence-electron chi connectivity index (χ1n) is 12.4. The zero-order valence-electron chi connectivity index (χ0n) is 20.3. The van der Waals surface area contributed by atoms with Gasteiger partial charge < -0.3 is 20.1 Å². The van der Waals surface area contributed by atoms with E-state index in [1.807, 2.05) is 41.8 Å². The Kier molecular flexibility index (Phi) is 7.37. The number of hydrogen-bond donors (Lipinski definition) is 2. The number of piperidine rings is 1. The van der Waals surface area contributed by atoms with Crippen LogP contribution in [0.25, 0.3) is 10.2 Å². The van der Waals surface area contributed by atoms with Gasteiger partial charge in [0.2, 0.25) is 5.91 Å². The summed E-state index contributed by atoms with van der Waals surface area (Å²) >= 11 is 3.47. The van der Waals surface area contributed by atoms with Crippen molar-refractivity contribution in [3.8, 4) is 0 Å². The third kappa shape index (κ3) is 5.67. The third-order valence-electron chi connectivity index (χ3n) is 7.13. The van der Waals surface area contributed by atoms with Crippen LogP contribution in [0.4, 0.5) is 0 Å². The smallest absolute Gasteiger partial charge is 0.310 e. The Balaban J connectivity index is 1.12. The molecule has 5 rings (SSSR count). The second-order valence-electron chi connectivity index (χ2n) is 10.4. The standard InChI is InChI=1S/C25H34N4O4S2/c1-25(2,33-24(32)17-11-19(26-13-17)23(31)29-9-10-34-15-29)14-28-8-7-16(12-21(28)30)22-27-18-5-3-4-6-20(18)35-22/h3-6,16-17,19,21,26,30H,7-15H2,1-2H3/t16?,17-,19?,21-/m0/s1. The molecule has 1 aromatic carbocycles. The summed E-state index contributed by atoms with van der Waals surface area (Å²) in [6, 6.07) is 7.83. The van der Waals surface area contributed by atoms with Crippen molar-refractivity contribution < 1.29 is 19.4 Å². The van der Waals surface area contributed by atoms with Gasteiger partial charge in [-0.2, -0.15) is 0 Å². The summed E-state index contributed by atoms with van der Waals surface area (Å²) in [4.78, 5) is 34.2. The van der Waals surface area contributed by atoms with Crippen molar-refractivity contribution in [2.45, 2.75) is 56.9 Å². The number of likely N-dealkylation sites (tertiary alicyclic amines) is 1. The lowest BCUT2D eigenvalue weighted by molar-refractivity contribution is -0.166. The number of aliphatic hydroxyl groups excluding tert-OH is 1. The molecule has 2 aromatic rings. The summed E-state index contributed by atoms with van der Waals surface area (Å²) in [6.45, 7) is 6.20. The number of nitrogens with one attached hydrogen (secondary N) is 1. The number of aromatic nitrogens is 1. The molecule has 35 heavy (non-hydrogen) atoms. The van der Waals surface area contributed by atoms with E-state index in [9.17, 15) is 14.7 Å². The fraction of sp³-hybridized carbons (Fsp3) is 0.640. The number of rotatable bonds is 6. The first kappa shape index (κ1) is 25.0. The second-order valence-corrected chi connectivity index (χ2v) is 12.5. The van der Waals surface area contributed by atoms with Gasteiger partial charge in [-0.15, -0.1) is 23.1 Å². The molecule has 0 aliphatic carbocycles. The summed E-state index contributed by atoms with van der Waals surface area (Å²) in [5.41, 5.74) is 0.274. The van der Waals surface area contributed by atoms with E-state index in [4.69, 9.17) is 9.72 Å². The maximum atomic E-state index is 12.9. The van der Waals surface area contributed by atoms with E-state index in [0.717, 1.165) is 41.7 Å². The minimum Gasteiger partial charge on any atom is -0.458 e. The number of aliphatic hydroxyl groups is 1. The first-order chi connectivity index (χ1) is 16.8. The Hall–Kier alpha value is -1.72. The van der Waals surface area contributed by atoms with Crippen LogP contribution in [0.2, 0.25) is 0 Å². The van der Waals surface area contributed by atoms with Crippen LogP contribution in [0.5, 0.6) is 0 Å². The zero-order valence-corrected chi connectivity index (χ0v) is 21.9. The van der Waals surface area contributed by atoms with Gasteiger partial charge in [0.15, 0.2) is 0 Å². The molecule has 2 N–H and O–H groups in total. The number of benzene rings is 1. The number of fused-ring (bicyclic) bond motifs is 1. The molecule has 0 bridgehead atoms. The van der Waals surface area contributed by atoms with Gasteiger partial charge in [0, 0.05) is 37.8 Å². The molecule has 3 aliphatic heterocycles. The normalized spacial score (nSPS) is 28.0. The zero-order chi connectivity index (χ0) is 24.6. The van der Waals surface area contributed by atoms with Crippen molar-refractivity contribution >= 4 is 45.2 Å². The Morgan fingerprint density at radius 2 is 2.09 bits per heavy atom. The highest BCUT2D eigenvalue weighted by Gasteiger charge is 2.40. The average molecular weight is 519 g/mol. The van der Waals surface area contributed by atoms with Gasteiger partial charge in [0.25, 0.3) is 0 Å². The van der Waals surface area contributed by atoms with E-state index in [-0.39, 0.29) is 29.8 Å². The minimum atomic E-state index is -0.742. The SMILES string of the molecule is CC(C)(CN1CCC(c2nc3ccccc3s2)C[C@@H]1O)OC(=O)[C@@H]1CNC(C(=O)N2CCSC2)C1. The fourth-order valence-corrected chi connectivity index (χ4v) is 7.32. The van der Waals surface area contributed by atoms with E-state index in [1.165, 1.54) is 4.70 Å². The van der Waals surface area contributed by atoms with Gasteiger partial charge in [0.05, 0.1) is 33.1 Å². The topological polar surface area (TPSA) is 95.0 Å². The van der Waals surface area contributed by atoms with Crippen molar-refractivity contribution in [2.24, 2.45) is 5.92 Å². The molecule has 4 atom stereocenters. The number of ether oxygens (including phenoxy) is 1. The minimum absolute atomic E-state index is 0.0867. The summed E-state index contributed by atoms with van der Waals surface area (Å²) in [6.07, 6.45) is 1.40. The number of thiazole rings is 1. The van der Waals surface area contributed by atoms with Crippen molar-refractivity contribution in [1.29, 1.82) is 0 Å². The van der Waals surface area contributed by atoms with Gasteiger partial charge in [-0.25, -0.2) is 4.98 Å². The van der Waals surface area contributed by atoms with E-state index >= 15 is 0 Å². The summed E-state index contributed by atoms with van der Waals surface area (Å²) in [5.74, 6) is 1.43. The molecule has 8 nitrogen and oxygen atoms in total. The predicted molar refractivity (Wildman–Crippen MR) is 138 cm³/mol. The van der Waals surface area contributed by atoms with Gasteiger partial charge in [-0.1, -0.05) is 12.1 Å².